The van der Waals surface area contributed by atoms with E-state index in [1.165, 1.54) is 19.1 Å². The molecule has 5 atom stereocenters. The van der Waals surface area contributed by atoms with Crippen molar-refractivity contribution in [3.8, 4) is 5.75 Å². The van der Waals surface area contributed by atoms with Gasteiger partial charge in [-0.05, 0) is 49.3 Å². The van der Waals surface area contributed by atoms with Crippen LogP contribution >= 0.6 is 0 Å². The Morgan fingerprint density at radius 1 is 0.972 bits per heavy atom. The van der Waals surface area contributed by atoms with Gasteiger partial charge in [-0.2, -0.15) is 0 Å². The highest BCUT2D eigenvalue weighted by Gasteiger charge is 2.33. The lowest BCUT2D eigenvalue weighted by atomic mass is 9.95. The van der Waals surface area contributed by atoms with Gasteiger partial charge in [0, 0.05) is 6.42 Å². The fraction of sp³-hybridized carbons (Fsp3) is 0.630. The van der Waals surface area contributed by atoms with Crippen LogP contribution in [0.4, 0.5) is 0 Å². The van der Waals surface area contributed by atoms with Gasteiger partial charge in [0.2, 0.25) is 17.7 Å². The molecule has 2 rings (SSSR count). The Kier molecular flexibility index (Phi) is 11.2. The van der Waals surface area contributed by atoms with E-state index in [4.69, 9.17) is 4.74 Å². The number of esters is 1. The number of benzene rings is 1. The van der Waals surface area contributed by atoms with Crippen LogP contribution in [0.25, 0.3) is 0 Å². The van der Waals surface area contributed by atoms with E-state index in [0.717, 1.165) is 24.8 Å². The number of rotatable bonds is 8. The van der Waals surface area contributed by atoms with Crippen LogP contribution in [0.2, 0.25) is 0 Å². The van der Waals surface area contributed by atoms with Crippen molar-refractivity contribution in [3.05, 3.63) is 29.8 Å². The van der Waals surface area contributed by atoms with Crippen molar-refractivity contribution < 1.29 is 29.0 Å². The largest absolute Gasteiger partial charge is 0.508 e. The molecule has 0 saturated carbocycles. The highest BCUT2D eigenvalue weighted by Crippen LogP contribution is 2.21. The second-order valence-corrected chi connectivity index (χ2v) is 10.2. The quantitative estimate of drug-likeness (QED) is 0.403. The van der Waals surface area contributed by atoms with Gasteiger partial charge < -0.3 is 25.8 Å². The first-order valence-corrected chi connectivity index (χ1v) is 12.9. The van der Waals surface area contributed by atoms with Gasteiger partial charge in [0.15, 0.2) is 0 Å². The summed E-state index contributed by atoms with van der Waals surface area (Å²) in [7, 11) is 0. The Labute approximate surface area is 213 Å². The van der Waals surface area contributed by atoms with Crippen LogP contribution in [0.15, 0.2) is 24.3 Å². The van der Waals surface area contributed by atoms with Crippen LogP contribution in [0.3, 0.4) is 0 Å². The van der Waals surface area contributed by atoms with E-state index in [9.17, 15) is 24.3 Å². The summed E-state index contributed by atoms with van der Waals surface area (Å²) < 4.78 is 5.84. The summed E-state index contributed by atoms with van der Waals surface area (Å²) >= 11 is 0. The second kappa shape index (κ2) is 13.8. The van der Waals surface area contributed by atoms with Crippen molar-refractivity contribution in [3.63, 3.8) is 0 Å². The lowest BCUT2D eigenvalue weighted by molar-refractivity contribution is -0.157. The van der Waals surface area contributed by atoms with Crippen LogP contribution in [0, 0.1) is 11.8 Å². The number of amides is 3. The third-order valence-electron chi connectivity index (χ3n) is 6.39. The summed E-state index contributed by atoms with van der Waals surface area (Å²) in [5.41, 5.74) is 0.728. The number of phenolic OH excluding ortho intramolecular Hbond substituents is 1. The first-order valence-electron chi connectivity index (χ1n) is 12.9. The van der Waals surface area contributed by atoms with Crippen molar-refractivity contribution in [2.45, 2.75) is 97.4 Å². The van der Waals surface area contributed by atoms with Crippen molar-refractivity contribution in [1.82, 2.24) is 16.0 Å². The van der Waals surface area contributed by atoms with Gasteiger partial charge in [-0.1, -0.05) is 52.7 Å². The zero-order valence-electron chi connectivity index (χ0n) is 22.0. The van der Waals surface area contributed by atoms with E-state index in [1.54, 1.807) is 12.1 Å². The Bertz CT molecular complexity index is 901. The SMILES string of the molecule is CCCCC(C)C1CC(=O)NC(Cc2ccc(O)cc2)C(=O)NC(C)C(=O)NC(CC(C)C)C(=O)O1. The summed E-state index contributed by atoms with van der Waals surface area (Å²) in [5.74, 6) is -1.88. The molecule has 1 saturated heterocycles. The Hall–Kier alpha value is -3.10. The summed E-state index contributed by atoms with van der Waals surface area (Å²) in [6, 6.07) is 3.58. The molecular weight excluding hydrogens is 462 g/mol. The molecule has 1 fully saturated rings. The number of aromatic hydroxyl groups is 1. The van der Waals surface area contributed by atoms with Crippen molar-refractivity contribution in [2.24, 2.45) is 11.8 Å². The van der Waals surface area contributed by atoms with Gasteiger partial charge in [0.05, 0.1) is 6.42 Å². The molecule has 4 N–H and O–H groups in total. The minimum atomic E-state index is -0.952. The fourth-order valence-corrected chi connectivity index (χ4v) is 4.18. The van der Waals surface area contributed by atoms with Crippen LogP contribution in [0.5, 0.6) is 5.75 Å². The molecule has 1 aliphatic heterocycles. The van der Waals surface area contributed by atoms with Crippen LogP contribution < -0.4 is 16.0 Å². The second-order valence-electron chi connectivity index (χ2n) is 10.2. The van der Waals surface area contributed by atoms with Crippen LogP contribution in [-0.4, -0.2) is 53.0 Å². The highest BCUT2D eigenvalue weighted by molar-refractivity contribution is 5.94. The molecule has 9 heteroatoms. The first-order chi connectivity index (χ1) is 17.0. The molecule has 0 aromatic heterocycles. The van der Waals surface area contributed by atoms with E-state index in [0.29, 0.717) is 6.42 Å². The zero-order chi connectivity index (χ0) is 26.8. The highest BCUT2D eigenvalue weighted by atomic mass is 16.5. The van der Waals surface area contributed by atoms with E-state index in [-0.39, 0.29) is 30.4 Å². The molecule has 1 aliphatic rings. The summed E-state index contributed by atoms with van der Waals surface area (Å²) in [6.07, 6.45) is 2.43. The average molecular weight is 504 g/mol. The maximum Gasteiger partial charge on any atom is 0.328 e. The summed E-state index contributed by atoms with van der Waals surface area (Å²) in [4.78, 5) is 52.2. The molecule has 0 spiro atoms. The van der Waals surface area contributed by atoms with E-state index < -0.39 is 47.9 Å². The molecule has 1 heterocycles. The van der Waals surface area contributed by atoms with E-state index in [1.807, 2.05) is 20.8 Å². The van der Waals surface area contributed by atoms with Gasteiger partial charge in [-0.3, -0.25) is 14.4 Å². The molecule has 0 aliphatic carbocycles. The van der Waals surface area contributed by atoms with E-state index >= 15 is 0 Å². The Morgan fingerprint density at radius 2 is 1.64 bits per heavy atom. The number of unbranched alkanes of at least 4 members (excludes halogenated alkanes) is 1. The third kappa shape index (κ3) is 9.17. The number of cyclic esters (lactones) is 1. The molecule has 1 aromatic rings. The maximum atomic E-state index is 13.1. The molecule has 200 valence electrons. The number of ether oxygens (including phenoxy) is 1. The normalized spacial score (nSPS) is 24.9. The minimum Gasteiger partial charge on any atom is -0.508 e. The van der Waals surface area contributed by atoms with Gasteiger partial charge in [0.25, 0.3) is 0 Å². The molecule has 1 aromatic carbocycles. The topological polar surface area (TPSA) is 134 Å². The van der Waals surface area contributed by atoms with Crippen molar-refractivity contribution in [1.29, 1.82) is 0 Å². The molecule has 9 nitrogen and oxygen atoms in total. The third-order valence-corrected chi connectivity index (χ3v) is 6.39. The van der Waals surface area contributed by atoms with Gasteiger partial charge in [0.1, 0.15) is 30.0 Å². The number of carbonyl (C=O) groups is 4. The zero-order valence-corrected chi connectivity index (χ0v) is 22.0. The lowest BCUT2D eigenvalue weighted by Crippen LogP contribution is -2.55. The molecular formula is C27H41N3O6. The lowest BCUT2D eigenvalue weighted by Gasteiger charge is -2.27. The first kappa shape index (κ1) is 29.1. The predicted octanol–water partition coefficient (Wildman–Crippen LogP) is 2.60. The predicted molar refractivity (Wildman–Crippen MR) is 136 cm³/mol. The minimum absolute atomic E-state index is 0.0801. The molecule has 0 bridgehead atoms. The summed E-state index contributed by atoms with van der Waals surface area (Å²) in [5, 5.41) is 17.7. The standard InChI is InChI=1S/C27H41N3O6/c1-6-7-8-17(4)23-15-24(32)29-21(14-19-9-11-20(31)12-10-19)26(34)28-18(5)25(33)30-22(13-16(2)3)27(35)36-23/h9-12,16-18,21-23,31H,6-8,13-15H2,1-5H3,(H,28,34)(H,29,32)(H,30,33). The number of hydrogen-bond acceptors (Lipinski definition) is 6. The number of phenols is 1. The van der Waals surface area contributed by atoms with Crippen molar-refractivity contribution >= 4 is 23.7 Å². The average Bonchev–Trinajstić information content (AvgIpc) is 2.81. The smallest absolute Gasteiger partial charge is 0.328 e. The summed E-state index contributed by atoms with van der Waals surface area (Å²) in [6.45, 7) is 9.42. The molecule has 5 unspecified atom stereocenters. The van der Waals surface area contributed by atoms with Gasteiger partial charge >= 0.3 is 5.97 Å². The maximum absolute atomic E-state index is 13.1. The molecule has 0 radical (unpaired) electrons. The fourth-order valence-electron chi connectivity index (χ4n) is 4.18. The number of nitrogens with one attached hydrogen (secondary N) is 3. The van der Waals surface area contributed by atoms with Crippen molar-refractivity contribution in [2.75, 3.05) is 0 Å². The Balaban J connectivity index is 2.36. The number of carbonyl (C=O) groups excluding carboxylic acids is 4. The van der Waals surface area contributed by atoms with Crippen LogP contribution in [-0.2, 0) is 30.3 Å². The Morgan fingerprint density at radius 3 is 2.25 bits per heavy atom. The molecule has 3 amide bonds. The van der Waals surface area contributed by atoms with Gasteiger partial charge in [-0.25, -0.2) is 4.79 Å². The van der Waals surface area contributed by atoms with Crippen LogP contribution in [0.1, 0.15) is 72.3 Å². The van der Waals surface area contributed by atoms with Gasteiger partial charge in [-0.15, -0.1) is 0 Å². The number of hydrogen-bond donors (Lipinski definition) is 4. The molecule has 36 heavy (non-hydrogen) atoms. The monoisotopic (exact) mass is 503 g/mol. The van der Waals surface area contributed by atoms with E-state index in [2.05, 4.69) is 22.9 Å².